The maximum atomic E-state index is 11.5. The number of nitrogens with one attached hydrogen (secondary N) is 2. The Bertz CT molecular complexity index is 213. The minimum absolute atomic E-state index is 0.755. The number of benzene rings is 1. The van der Waals surface area contributed by atoms with E-state index in [0.29, 0.717) is 0 Å². The van der Waals surface area contributed by atoms with Crippen LogP contribution in [0.15, 0.2) is 24.3 Å². The molecule has 54 valence electrons. The minimum Gasteiger partial charge on any atom is -0.294 e. The molecule has 0 unspecified atom stereocenters. The highest BCUT2D eigenvalue weighted by atomic mass is 19.2. The van der Waals surface area contributed by atoms with Crippen molar-refractivity contribution in [2.45, 2.75) is 6.92 Å². The van der Waals surface area contributed by atoms with Crippen LogP contribution in [-0.4, -0.2) is 0 Å². The van der Waals surface area contributed by atoms with Crippen LogP contribution < -0.4 is 11.1 Å². The number of para-hydroxylation sites is 1. The molecule has 0 bridgehead atoms. The lowest BCUT2D eigenvalue weighted by molar-refractivity contribution is 0.376. The van der Waals surface area contributed by atoms with Gasteiger partial charge in [-0.25, -0.2) is 0 Å². The summed E-state index contributed by atoms with van der Waals surface area (Å²) in [5, 5.41) is 0. The van der Waals surface area contributed by atoms with E-state index in [1.54, 1.807) is 6.07 Å². The summed E-state index contributed by atoms with van der Waals surface area (Å²) in [5.74, 6) is 0. The van der Waals surface area contributed by atoms with Crippen LogP contribution in [0.4, 0.5) is 10.2 Å². The maximum Gasteiger partial charge on any atom is 0.0541 e. The van der Waals surface area contributed by atoms with Gasteiger partial charge >= 0.3 is 0 Å². The standard InChI is InChI=1S/C7H9FN2/c1-6-4-2-3-5-7(6)9-10-8/h2-5,9-10H,1H3. The first-order valence-corrected chi connectivity index (χ1v) is 3.02. The van der Waals surface area contributed by atoms with Gasteiger partial charge in [0.1, 0.15) is 0 Å². The van der Waals surface area contributed by atoms with Crippen LogP contribution in [0.1, 0.15) is 5.56 Å². The zero-order valence-electron chi connectivity index (χ0n) is 5.69. The number of aryl methyl sites for hydroxylation is 1. The van der Waals surface area contributed by atoms with Gasteiger partial charge in [0.25, 0.3) is 0 Å². The number of anilines is 1. The van der Waals surface area contributed by atoms with Crippen molar-refractivity contribution in [2.75, 3.05) is 5.43 Å². The SMILES string of the molecule is Cc1ccccc1NNF. The summed E-state index contributed by atoms with van der Waals surface area (Å²) in [4.78, 5) is 0. The molecule has 0 spiro atoms. The third-order valence-corrected chi connectivity index (χ3v) is 1.33. The van der Waals surface area contributed by atoms with Crippen LogP contribution in [-0.2, 0) is 0 Å². The molecule has 0 saturated heterocycles. The van der Waals surface area contributed by atoms with Crippen LogP contribution in [0.5, 0.6) is 0 Å². The Morgan fingerprint density at radius 2 is 2.00 bits per heavy atom. The van der Waals surface area contributed by atoms with Gasteiger partial charge in [0.2, 0.25) is 0 Å². The van der Waals surface area contributed by atoms with E-state index in [2.05, 4.69) is 5.43 Å². The number of hydrogen-bond donors (Lipinski definition) is 2. The molecule has 0 amide bonds. The summed E-state index contributed by atoms with van der Waals surface area (Å²) in [5.41, 5.74) is 5.50. The lowest BCUT2D eigenvalue weighted by Gasteiger charge is -2.03. The predicted octanol–water partition coefficient (Wildman–Crippen LogP) is 1.80. The van der Waals surface area contributed by atoms with Gasteiger partial charge in [-0.05, 0) is 18.6 Å². The maximum absolute atomic E-state index is 11.5. The van der Waals surface area contributed by atoms with Crippen molar-refractivity contribution in [1.82, 2.24) is 5.65 Å². The molecule has 0 heterocycles. The van der Waals surface area contributed by atoms with E-state index in [4.69, 9.17) is 0 Å². The number of rotatable bonds is 2. The summed E-state index contributed by atoms with van der Waals surface area (Å²) in [7, 11) is 0. The third kappa shape index (κ3) is 1.45. The fourth-order valence-electron chi connectivity index (χ4n) is 0.764. The molecule has 0 aromatic heterocycles. The smallest absolute Gasteiger partial charge is 0.0541 e. The van der Waals surface area contributed by atoms with E-state index < -0.39 is 0 Å². The van der Waals surface area contributed by atoms with Crippen molar-refractivity contribution in [1.29, 1.82) is 0 Å². The molecule has 1 aromatic rings. The van der Waals surface area contributed by atoms with Gasteiger partial charge in [0, 0.05) is 0 Å². The lowest BCUT2D eigenvalue weighted by atomic mass is 10.2. The highest BCUT2D eigenvalue weighted by Gasteiger charge is 1.91. The molecule has 0 aliphatic heterocycles. The summed E-state index contributed by atoms with van der Waals surface area (Å²) in [6, 6.07) is 7.44. The van der Waals surface area contributed by atoms with Crippen LogP contribution in [0, 0.1) is 6.92 Å². The Morgan fingerprint density at radius 3 is 2.60 bits per heavy atom. The zero-order valence-corrected chi connectivity index (χ0v) is 5.69. The van der Waals surface area contributed by atoms with Crippen molar-refractivity contribution in [3.8, 4) is 0 Å². The van der Waals surface area contributed by atoms with Crippen LogP contribution >= 0.6 is 0 Å². The first-order valence-electron chi connectivity index (χ1n) is 3.02. The van der Waals surface area contributed by atoms with E-state index in [0.717, 1.165) is 11.3 Å². The number of halogens is 1. The summed E-state index contributed by atoms with van der Waals surface area (Å²) in [6.07, 6.45) is 0. The second-order valence-corrected chi connectivity index (χ2v) is 2.03. The molecule has 1 rings (SSSR count). The predicted molar refractivity (Wildman–Crippen MR) is 39.0 cm³/mol. The monoisotopic (exact) mass is 140 g/mol. The molecule has 0 radical (unpaired) electrons. The Kier molecular flexibility index (Phi) is 2.23. The minimum atomic E-state index is 0.755. The van der Waals surface area contributed by atoms with Gasteiger partial charge in [-0.15, -0.1) is 4.48 Å². The molecule has 0 aliphatic carbocycles. The van der Waals surface area contributed by atoms with E-state index >= 15 is 0 Å². The van der Waals surface area contributed by atoms with Gasteiger partial charge in [-0.2, -0.15) is 0 Å². The van der Waals surface area contributed by atoms with Crippen molar-refractivity contribution < 1.29 is 4.48 Å². The molecule has 0 atom stereocenters. The first-order chi connectivity index (χ1) is 4.84. The van der Waals surface area contributed by atoms with Crippen molar-refractivity contribution >= 4 is 5.69 Å². The fraction of sp³-hybridized carbons (Fsp3) is 0.143. The average molecular weight is 140 g/mol. The van der Waals surface area contributed by atoms with Crippen LogP contribution in [0.3, 0.4) is 0 Å². The lowest BCUT2D eigenvalue weighted by Crippen LogP contribution is -2.10. The van der Waals surface area contributed by atoms with Crippen LogP contribution in [0.25, 0.3) is 0 Å². The summed E-state index contributed by atoms with van der Waals surface area (Å²) < 4.78 is 11.5. The van der Waals surface area contributed by atoms with E-state index in [9.17, 15) is 4.48 Å². The van der Waals surface area contributed by atoms with E-state index in [1.165, 1.54) is 5.65 Å². The first kappa shape index (κ1) is 7.02. The van der Waals surface area contributed by atoms with Gasteiger partial charge in [-0.3, -0.25) is 5.43 Å². The average Bonchev–Trinajstić information content (AvgIpc) is 1.94. The Morgan fingerprint density at radius 1 is 1.30 bits per heavy atom. The zero-order chi connectivity index (χ0) is 7.40. The van der Waals surface area contributed by atoms with Gasteiger partial charge in [0.05, 0.1) is 5.69 Å². The van der Waals surface area contributed by atoms with Gasteiger partial charge < -0.3 is 0 Å². The molecule has 2 nitrogen and oxygen atoms in total. The molecule has 10 heavy (non-hydrogen) atoms. The second kappa shape index (κ2) is 3.17. The molecule has 0 fully saturated rings. The van der Waals surface area contributed by atoms with E-state index in [-0.39, 0.29) is 0 Å². The molecule has 0 aliphatic rings. The van der Waals surface area contributed by atoms with Crippen molar-refractivity contribution in [2.24, 2.45) is 0 Å². The van der Waals surface area contributed by atoms with Crippen molar-refractivity contribution in [3.05, 3.63) is 29.8 Å². The quantitative estimate of drug-likeness (QED) is 0.483. The largest absolute Gasteiger partial charge is 0.294 e. The van der Waals surface area contributed by atoms with Crippen molar-refractivity contribution in [3.63, 3.8) is 0 Å². The molecule has 0 saturated carbocycles. The molecular weight excluding hydrogens is 131 g/mol. The van der Waals surface area contributed by atoms with Crippen LogP contribution in [0.2, 0.25) is 0 Å². The molecular formula is C7H9FN2. The molecule has 3 heteroatoms. The third-order valence-electron chi connectivity index (χ3n) is 1.33. The highest BCUT2D eigenvalue weighted by molar-refractivity contribution is 5.48. The Labute approximate surface area is 59.0 Å². The highest BCUT2D eigenvalue weighted by Crippen LogP contribution is 2.10. The normalized spacial score (nSPS) is 9.40. The molecule has 1 aromatic carbocycles. The number of hydrazine groups is 1. The van der Waals surface area contributed by atoms with E-state index in [1.807, 2.05) is 25.1 Å². The summed E-state index contributed by atoms with van der Waals surface area (Å²) >= 11 is 0. The second-order valence-electron chi connectivity index (χ2n) is 2.03. The topological polar surface area (TPSA) is 24.1 Å². The summed E-state index contributed by atoms with van der Waals surface area (Å²) in [6.45, 7) is 1.90. The number of hydrogen-bond acceptors (Lipinski definition) is 2. The molecule has 2 N–H and O–H groups in total. The Balaban J connectivity index is 2.81. The van der Waals surface area contributed by atoms with Gasteiger partial charge in [0.15, 0.2) is 0 Å². The Hall–Kier alpha value is -1.09. The fourth-order valence-corrected chi connectivity index (χ4v) is 0.764. The van der Waals surface area contributed by atoms with Gasteiger partial charge in [-0.1, -0.05) is 23.8 Å².